The van der Waals surface area contributed by atoms with E-state index in [1.54, 1.807) is 24.3 Å². The molecule has 1 aromatic heterocycles. The highest BCUT2D eigenvalue weighted by molar-refractivity contribution is 5.98. The van der Waals surface area contributed by atoms with Gasteiger partial charge in [-0.2, -0.15) is 5.26 Å². The van der Waals surface area contributed by atoms with Gasteiger partial charge in [0.15, 0.2) is 5.78 Å². The van der Waals surface area contributed by atoms with Crippen molar-refractivity contribution in [2.45, 2.75) is 13.8 Å². The number of hydrogen-bond donors (Lipinski definition) is 1. The smallest absolute Gasteiger partial charge is 0.163 e. The molecular weight excluding hydrogens is 238 g/mol. The quantitative estimate of drug-likeness (QED) is 0.832. The van der Waals surface area contributed by atoms with E-state index in [1.165, 1.54) is 6.92 Å². The van der Waals surface area contributed by atoms with Crippen molar-refractivity contribution >= 4 is 11.6 Å². The number of nitrogen functional groups attached to an aromatic ring is 1. The molecule has 0 bridgehead atoms. The number of nitrogens with two attached hydrogens (primary N) is 1. The Hall–Kier alpha value is -2.67. The predicted octanol–water partition coefficient (Wildman–Crippen LogP) is 2.71. The van der Waals surface area contributed by atoms with Gasteiger partial charge in [0.2, 0.25) is 0 Å². The topological polar surface area (TPSA) is 79.8 Å². The van der Waals surface area contributed by atoms with E-state index < -0.39 is 0 Å². The van der Waals surface area contributed by atoms with Crippen LogP contribution in [0.2, 0.25) is 0 Å². The lowest BCUT2D eigenvalue weighted by Gasteiger charge is -2.08. The standard InChI is InChI=1S/C15H13N3O/c1-9-11(8-16)4-3-5-12(9)14-7-6-13(10(2)19)15(17)18-14/h3-7H,1-2H3,(H2,17,18). The van der Waals surface area contributed by atoms with Crippen LogP contribution in [0.15, 0.2) is 30.3 Å². The summed E-state index contributed by atoms with van der Waals surface area (Å²) >= 11 is 0. The molecular formula is C15H13N3O. The van der Waals surface area contributed by atoms with E-state index in [-0.39, 0.29) is 11.6 Å². The first kappa shape index (κ1) is 12.8. The molecule has 0 fully saturated rings. The highest BCUT2D eigenvalue weighted by Gasteiger charge is 2.11. The van der Waals surface area contributed by atoms with E-state index in [9.17, 15) is 4.79 Å². The Morgan fingerprint density at radius 2 is 2.05 bits per heavy atom. The second-order valence-corrected chi connectivity index (χ2v) is 4.28. The number of rotatable bonds is 2. The number of carbonyl (C=O) groups is 1. The average Bonchev–Trinajstić information content (AvgIpc) is 2.38. The number of Topliss-reactive ketones (excluding diaryl/α,β-unsaturated/α-hetero) is 1. The molecule has 1 heterocycles. The number of aromatic nitrogens is 1. The van der Waals surface area contributed by atoms with Crippen molar-refractivity contribution in [2.24, 2.45) is 0 Å². The van der Waals surface area contributed by atoms with Crippen LogP contribution in [0.1, 0.15) is 28.4 Å². The van der Waals surface area contributed by atoms with E-state index in [2.05, 4.69) is 11.1 Å². The predicted molar refractivity (Wildman–Crippen MR) is 73.5 cm³/mol. The molecule has 0 atom stereocenters. The minimum Gasteiger partial charge on any atom is -0.383 e. The number of hydrogen-bond acceptors (Lipinski definition) is 4. The maximum atomic E-state index is 11.3. The van der Waals surface area contributed by atoms with Gasteiger partial charge in [0.25, 0.3) is 0 Å². The van der Waals surface area contributed by atoms with Crippen LogP contribution in [-0.4, -0.2) is 10.8 Å². The average molecular weight is 251 g/mol. The molecule has 4 nitrogen and oxygen atoms in total. The van der Waals surface area contributed by atoms with Crippen molar-refractivity contribution in [3.63, 3.8) is 0 Å². The van der Waals surface area contributed by atoms with Crippen molar-refractivity contribution < 1.29 is 4.79 Å². The summed E-state index contributed by atoms with van der Waals surface area (Å²) in [6.45, 7) is 3.32. The Bertz CT molecular complexity index is 699. The minimum atomic E-state index is -0.112. The molecule has 0 radical (unpaired) electrons. The molecule has 0 aliphatic heterocycles. The van der Waals surface area contributed by atoms with Crippen molar-refractivity contribution in [1.82, 2.24) is 4.98 Å². The van der Waals surface area contributed by atoms with Crippen molar-refractivity contribution in [3.05, 3.63) is 47.0 Å². The van der Waals surface area contributed by atoms with Crippen LogP contribution in [-0.2, 0) is 0 Å². The Balaban J connectivity index is 2.58. The highest BCUT2D eigenvalue weighted by atomic mass is 16.1. The summed E-state index contributed by atoms with van der Waals surface area (Å²) in [5.74, 6) is 0.103. The fourth-order valence-corrected chi connectivity index (χ4v) is 1.96. The van der Waals surface area contributed by atoms with Gasteiger partial charge in [-0.25, -0.2) is 4.98 Å². The van der Waals surface area contributed by atoms with Crippen LogP contribution in [0.4, 0.5) is 5.82 Å². The Labute approximate surface area is 111 Å². The lowest BCUT2D eigenvalue weighted by molar-refractivity contribution is 0.101. The van der Waals surface area contributed by atoms with Crippen LogP contribution >= 0.6 is 0 Å². The third-order valence-corrected chi connectivity index (χ3v) is 3.03. The summed E-state index contributed by atoms with van der Waals surface area (Å²) in [5, 5.41) is 9.02. The number of ketones is 1. The van der Waals surface area contributed by atoms with Gasteiger partial charge in [-0.05, 0) is 37.6 Å². The zero-order valence-electron chi connectivity index (χ0n) is 10.8. The number of nitriles is 1. The summed E-state index contributed by atoms with van der Waals surface area (Å²) in [7, 11) is 0. The number of benzene rings is 1. The number of nitrogens with zero attached hydrogens (tertiary/aromatic N) is 2. The lowest BCUT2D eigenvalue weighted by atomic mass is 9.99. The molecule has 0 saturated heterocycles. The van der Waals surface area contributed by atoms with E-state index in [0.717, 1.165) is 11.1 Å². The van der Waals surface area contributed by atoms with Gasteiger partial charge in [0.05, 0.1) is 22.9 Å². The molecule has 4 heteroatoms. The Kier molecular flexibility index (Phi) is 3.30. The van der Waals surface area contributed by atoms with Crippen LogP contribution in [0.3, 0.4) is 0 Å². The first-order valence-corrected chi connectivity index (χ1v) is 5.82. The highest BCUT2D eigenvalue weighted by Crippen LogP contribution is 2.25. The lowest BCUT2D eigenvalue weighted by Crippen LogP contribution is -2.03. The maximum absolute atomic E-state index is 11.3. The summed E-state index contributed by atoms with van der Waals surface area (Å²) in [6, 6.07) is 11.0. The molecule has 1 aromatic carbocycles. The minimum absolute atomic E-state index is 0.112. The van der Waals surface area contributed by atoms with Crippen molar-refractivity contribution in [1.29, 1.82) is 5.26 Å². The third-order valence-electron chi connectivity index (χ3n) is 3.03. The van der Waals surface area contributed by atoms with E-state index >= 15 is 0 Å². The van der Waals surface area contributed by atoms with Crippen molar-refractivity contribution in [2.75, 3.05) is 5.73 Å². The molecule has 0 amide bonds. The van der Waals surface area contributed by atoms with Crippen LogP contribution < -0.4 is 5.73 Å². The van der Waals surface area contributed by atoms with Gasteiger partial charge < -0.3 is 5.73 Å². The summed E-state index contributed by atoms with van der Waals surface area (Å²) in [4.78, 5) is 15.6. The monoisotopic (exact) mass is 251 g/mol. The molecule has 0 saturated carbocycles. The Morgan fingerprint density at radius 1 is 1.32 bits per heavy atom. The maximum Gasteiger partial charge on any atom is 0.163 e. The summed E-state index contributed by atoms with van der Waals surface area (Å²) in [6.07, 6.45) is 0. The number of pyridine rings is 1. The van der Waals surface area contributed by atoms with Gasteiger partial charge in [-0.3, -0.25) is 4.79 Å². The zero-order valence-corrected chi connectivity index (χ0v) is 10.8. The summed E-state index contributed by atoms with van der Waals surface area (Å²) < 4.78 is 0. The molecule has 0 aliphatic carbocycles. The molecule has 0 unspecified atom stereocenters. The van der Waals surface area contributed by atoms with Crippen molar-refractivity contribution in [3.8, 4) is 17.3 Å². The van der Waals surface area contributed by atoms with Crippen LogP contribution in [0.25, 0.3) is 11.3 Å². The SMILES string of the molecule is CC(=O)c1ccc(-c2cccc(C#N)c2C)nc1N. The molecule has 2 rings (SSSR count). The molecule has 19 heavy (non-hydrogen) atoms. The molecule has 0 aliphatic rings. The largest absolute Gasteiger partial charge is 0.383 e. The van der Waals surface area contributed by atoms with Crippen LogP contribution in [0.5, 0.6) is 0 Å². The second kappa shape index (κ2) is 4.91. The van der Waals surface area contributed by atoms with E-state index in [4.69, 9.17) is 11.0 Å². The van der Waals surface area contributed by atoms with E-state index in [0.29, 0.717) is 16.8 Å². The second-order valence-electron chi connectivity index (χ2n) is 4.28. The zero-order chi connectivity index (χ0) is 14.0. The third kappa shape index (κ3) is 2.31. The summed E-state index contributed by atoms with van der Waals surface area (Å²) in [5.41, 5.74) is 9.17. The number of carbonyl (C=O) groups excluding carboxylic acids is 1. The van der Waals surface area contributed by atoms with Gasteiger partial charge in [-0.1, -0.05) is 12.1 Å². The molecule has 2 aromatic rings. The molecule has 94 valence electrons. The van der Waals surface area contributed by atoms with Gasteiger partial charge in [0, 0.05) is 5.56 Å². The van der Waals surface area contributed by atoms with Gasteiger partial charge >= 0.3 is 0 Å². The normalized spacial score (nSPS) is 9.95. The van der Waals surface area contributed by atoms with Gasteiger partial charge in [0.1, 0.15) is 5.82 Å². The Morgan fingerprint density at radius 3 is 2.63 bits per heavy atom. The fraction of sp³-hybridized carbons (Fsp3) is 0.133. The van der Waals surface area contributed by atoms with Gasteiger partial charge in [-0.15, -0.1) is 0 Å². The van der Waals surface area contributed by atoms with Crippen LogP contribution in [0, 0.1) is 18.3 Å². The fourth-order valence-electron chi connectivity index (χ4n) is 1.96. The molecule has 0 spiro atoms. The van der Waals surface area contributed by atoms with E-state index in [1.807, 2.05) is 13.0 Å². The number of anilines is 1. The first-order valence-electron chi connectivity index (χ1n) is 5.82. The first-order chi connectivity index (χ1) is 9.04. The molecule has 2 N–H and O–H groups in total.